The van der Waals surface area contributed by atoms with Gasteiger partial charge in [-0.2, -0.15) is 0 Å². The van der Waals surface area contributed by atoms with E-state index >= 15 is 0 Å². The molecule has 0 unspecified atom stereocenters. The summed E-state index contributed by atoms with van der Waals surface area (Å²) in [6, 6.07) is 12.6. The molecule has 3 nitrogen and oxygen atoms in total. The second kappa shape index (κ2) is 5.98. The first-order chi connectivity index (χ1) is 11.8. The summed E-state index contributed by atoms with van der Waals surface area (Å²) in [5.74, 6) is 2.00. The maximum absolute atomic E-state index is 5.93. The first kappa shape index (κ1) is 16.8. The van der Waals surface area contributed by atoms with Crippen LogP contribution >= 0.6 is 0 Å². The molecule has 3 heterocycles. The summed E-state index contributed by atoms with van der Waals surface area (Å²) in [4.78, 5) is 2.59. The van der Waals surface area contributed by atoms with Gasteiger partial charge in [-0.3, -0.25) is 4.90 Å². The Morgan fingerprint density at radius 1 is 1.12 bits per heavy atom. The lowest BCUT2D eigenvalue weighted by Crippen LogP contribution is -2.44. The maximum Gasteiger partial charge on any atom is 0.142 e. The summed E-state index contributed by atoms with van der Waals surface area (Å²) in [6.45, 7) is 8.76. The largest absolute Gasteiger partial charge is 0.361 e. The molecular formula is C22H30N2O. The predicted octanol–water partition coefficient (Wildman–Crippen LogP) is 5.01. The van der Waals surface area contributed by atoms with E-state index < -0.39 is 0 Å². The van der Waals surface area contributed by atoms with Crippen LogP contribution < -0.4 is 0 Å². The molecule has 2 aliphatic rings. The Kier molecular flexibility index (Phi) is 4.03. The number of likely N-dealkylation sites (N-methyl/N-ethyl adjacent to an activating group) is 1. The third-order valence-electron chi connectivity index (χ3n) is 6.40. The first-order valence-corrected chi connectivity index (χ1v) is 9.60. The standard InChI is InChI=1S/C22H30N2O/c1-14-6-8-15(9-7-14)17-12-16-10-11-18(24(16)5)21(17)19-13-20(23-25-19)22(2,3)4/h6-9,13,16-18,21H,10-12H2,1-5H3/t16-,17+,18+,21-/m0/s1. The lowest BCUT2D eigenvalue weighted by Gasteiger charge is -2.42. The van der Waals surface area contributed by atoms with Crippen molar-refractivity contribution in [3.63, 3.8) is 0 Å². The van der Waals surface area contributed by atoms with E-state index in [1.807, 2.05) is 0 Å². The topological polar surface area (TPSA) is 29.3 Å². The molecule has 2 fully saturated rings. The van der Waals surface area contributed by atoms with Crippen LogP contribution in [0, 0.1) is 6.92 Å². The van der Waals surface area contributed by atoms with Gasteiger partial charge in [-0.05, 0) is 44.7 Å². The van der Waals surface area contributed by atoms with E-state index in [-0.39, 0.29) is 5.41 Å². The van der Waals surface area contributed by atoms with Crippen molar-refractivity contribution in [3.05, 3.63) is 52.9 Å². The van der Waals surface area contributed by atoms with Crippen molar-refractivity contribution in [2.45, 2.75) is 76.3 Å². The van der Waals surface area contributed by atoms with Crippen molar-refractivity contribution in [1.82, 2.24) is 10.1 Å². The Bertz CT molecular complexity index is 740. The van der Waals surface area contributed by atoms with Gasteiger partial charge in [0.1, 0.15) is 5.76 Å². The number of aromatic nitrogens is 1. The van der Waals surface area contributed by atoms with Crippen LogP contribution in [0.25, 0.3) is 0 Å². The van der Waals surface area contributed by atoms with Gasteiger partial charge < -0.3 is 4.52 Å². The highest BCUT2D eigenvalue weighted by Gasteiger charge is 2.48. The number of benzene rings is 1. The Balaban J connectivity index is 1.74. The predicted molar refractivity (Wildman–Crippen MR) is 101 cm³/mol. The average Bonchev–Trinajstić information content (AvgIpc) is 3.12. The summed E-state index contributed by atoms with van der Waals surface area (Å²) >= 11 is 0. The number of hydrogen-bond acceptors (Lipinski definition) is 3. The Morgan fingerprint density at radius 2 is 1.84 bits per heavy atom. The van der Waals surface area contributed by atoms with Crippen LogP contribution in [0.2, 0.25) is 0 Å². The van der Waals surface area contributed by atoms with E-state index in [4.69, 9.17) is 4.52 Å². The minimum atomic E-state index is 0.0277. The lowest BCUT2D eigenvalue weighted by atomic mass is 9.74. The minimum Gasteiger partial charge on any atom is -0.361 e. The molecule has 2 aliphatic heterocycles. The smallest absolute Gasteiger partial charge is 0.142 e. The van der Waals surface area contributed by atoms with Crippen LogP contribution in [0.15, 0.2) is 34.9 Å². The summed E-state index contributed by atoms with van der Waals surface area (Å²) < 4.78 is 5.93. The molecule has 1 aromatic carbocycles. The monoisotopic (exact) mass is 338 g/mol. The molecule has 0 aliphatic carbocycles. The molecule has 0 saturated carbocycles. The molecular weight excluding hydrogens is 308 g/mol. The molecule has 2 bridgehead atoms. The maximum atomic E-state index is 5.93. The Morgan fingerprint density at radius 3 is 2.48 bits per heavy atom. The van der Waals surface area contributed by atoms with Gasteiger partial charge >= 0.3 is 0 Å². The van der Waals surface area contributed by atoms with Gasteiger partial charge in [0, 0.05) is 29.5 Å². The van der Waals surface area contributed by atoms with Crippen molar-refractivity contribution in [1.29, 1.82) is 0 Å². The fraction of sp³-hybridized carbons (Fsp3) is 0.591. The van der Waals surface area contributed by atoms with E-state index in [1.54, 1.807) is 0 Å². The van der Waals surface area contributed by atoms with Gasteiger partial charge in [-0.25, -0.2) is 0 Å². The highest BCUT2D eigenvalue weighted by atomic mass is 16.5. The molecule has 4 atom stereocenters. The summed E-state index contributed by atoms with van der Waals surface area (Å²) in [6.07, 6.45) is 3.78. The molecule has 0 spiro atoms. The SMILES string of the molecule is Cc1ccc([C@H]2C[C@@H]3CC[C@H]([C@H]2c2cc(C(C)(C)C)no2)N3C)cc1. The van der Waals surface area contributed by atoms with Gasteiger partial charge in [0.05, 0.1) is 5.69 Å². The highest BCUT2D eigenvalue weighted by Crippen LogP contribution is 2.51. The van der Waals surface area contributed by atoms with Gasteiger partial charge in [-0.15, -0.1) is 0 Å². The van der Waals surface area contributed by atoms with Gasteiger partial charge in [0.25, 0.3) is 0 Å². The van der Waals surface area contributed by atoms with Crippen molar-refractivity contribution in [3.8, 4) is 0 Å². The van der Waals surface area contributed by atoms with E-state index in [0.29, 0.717) is 23.9 Å². The number of hydrogen-bond donors (Lipinski definition) is 0. The second-order valence-corrected chi connectivity index (χ2v) is 9.11. The van der Waals surface area contributed by atoms with Crippen LogP contribution in [0.5, 0.6) is 0 Å². The Hall–Kier alpha value is -1.61. The lowest BCUT2D eigenvalue weighted by molar-refractivity contribution is 0.122. The average molecular weight is 338 g/mol. The number of nitrogens with zero attached hydrogens (tertiary/aromatic N) is 2. The Labute approximate surface area is 151 Å². The van der Waals surface area contributed by atoms with E-state index in [1.165, 1.54) is 30.4 Å². The fourth-order valence-corrected chi connectivity index (χ4v) is 4.81. The fourth-order valence-electron chi connectivity index (χ4n) is 4.81. The molecule has 4 rings (SSSR count). The second-order valence-electron chi connectivity index (χ2n) is 9.11. The number of piperidine rings is 1. The van der Waals surface area contributed by atoms with E-state index in [9.17, 15) is 0 Å². The number of rotatable bonds is 2. The minimum absolute atomic E-state index is 0.0277. The molecule has 3 heteroatoms. The number of fused-ring (bicyclic) bond motifs is 2. The molecule has 2 saturated heterocycles. The van der Waals surface area contributed by atoms with Crippen LogP contribution in [-0.4, -0.2) is 29.2 Å². The quantitative estimate of drug-likeness (QED) is 0.770. The molecule has 0 amide bonds. The van der Waals surface area contributed by atoms with Crippen LogP contribution in [0.3, 0.4) is 0 Å². The van der Waals surface area contributed by atoms with Crippen LogP contribution in [-0.2, 0) is 5.41 Å². The molecule has 2 aromatic rings. The van der Waals surface area contributed by atoms with Crippen LogP contribution in [0.4, 0.5) is 0 Å². The first-order valence-electron chi connectivity index (χ1n) is 9.60. The van der Waals surface area contributed by atoms with E-state index in [0.717, 1.165) is 11.5 Å². The summed E-state index contributed by atoms with van der Waals surface area (Å²) in [7, 11) is 2.29. The van der Waals surface area contributed by atoms with Crippen molar-refractivity contribution >= 4 is 0 Å². The van der Waals surface area contributed by atoms with Gasteiger partial charge in [0.15, 0.2) is 0 Å². The third kappa shape index (κ3) is 2.93. The molecule has 1 aromatic heterocycles. The molecule has 0 radical (unpaired) electrons. The van der Waals surface area contributed by atoms with E-state index in [2.05, 4.69) is 75.1 Å². The zero-order valence-electron chi connectivity index (χ0n) is 16.1. The summed E-state index contributed by atoms with van der Waals surface area (Å²) in [5, 5.41) is 4.42. The van der Waals surface area contributed by atoms with Gasteiger partial charge in [0.2, 0.25) is 0 Å². The molecule has 25 heavy (non-hydrogen) atoms. The van der Waals surface area contributed by atoms with Crippen molar-refractivity contribution in [2.75, 3.05) is 7.05 Å². The van der Waals surface area contributed by atoms with Crippen LogP contribution in [0.1, 0.15) is 74.5 Å². The third-order valence-corrected chi connectivity index (χ3v) is 6.40. The summed E-state index contributed by atoms with van der Waals surface area (Å²) in [5.41, 5.74) is 3.87. The normalized spacial score (nSPS) is 30.0. The number of aryl methyl sites for hydroxylation is 1. The van der Waals surface area contributed by atoms with Crippen molar-refractivity contribution in [2.24, 2.45) is 0 Å². The van der Waals surface area contributed by atoms with Crippen molar-refractivity contribution < 1.29 is 4.52 Å². The highest BCUT2D eigenvalue weighted by molar-refractivity contribution is 5.32. The molecule has 0 N–H and O–H groups in total. The molecule has 134 valence electrons. The zero-order valence-corrected chi connectivity index (χ0v) is 16.1. The zero-order chi connectivity index (χ0) is 17.8. The van der Waals surface area contributed by atoms with Gasteiger partial charge in [-0.1, -0.05) is 55.8 Å².